The molecule has 0 bridgehead atoms. The van der Waals surface area contributed by atoms with Crippen molar-refractivity contribution >= 4 is 33.5 Å². The summed E-state index contributed by atoms with van der Waals surface area (Å²) in [5.74, 6) is 0. The summed E-state index contributed by atoms with van der Waals surface area (Å²) in [6.45, 7) is 3.93. The summed E-state index contributed by atoms with van der Waals surface area (Å²) in [5.41, 5.74) is 2.28. The zero-order chi connectivity index (χ0) is 7.84. The third-order valence-corrected chi connectivity index (χ3v) is 3.02. The third kappa shape index (κ3) is 1.05. The highest BCUT2D eigenvalue weighted by atomic mass is 127. The first-order valence-corrected chi connectivity index (χ1v) is 4.44. The second-order valence-electron chi connectivity index (χ2n) is 2.48. The van der Waals surface area contributed by atoms with E-state index in [0.717, 1.165) is 5.56 Å². The van der Waals surface area contributed by atoms with Crippen LogP contribution < -0.4 is 0 Å². The fourth-order valence-corrected chi connectivity index (χ4v) is 1.79. The van der Waals surface area contributed by atoms with E-state index in [1.807, 2.05) is 12.3 Å². The van der Waals surface area contributed by atoms with Crippen molar-refractivity contribution < 1.29 is 0 Å². The van der Waals surface area contributed by atoms with Gasteiger partial charge in [-0.25, -0.2) is 0 Å². The molecule has 0 amide bonds. The number of aromatic nitrogens is 1. The first-order chi connectivity index (χ1) is 5.29. The number of benzene rings is 1. The summed E-state index contributed by atoms with van der Waals surface area (Å²) in [6, 6.07) is 6.16. The van der Waals surface area contributed by atoms with E-state index in [1.165, 1.54) is 14.5 Å². The van der Waals surface area contributed by atoms with E-state index in [1.54, 1.807) is 0 Å². The van der Waals surface area contributed by atoms with Crippen molar-refractivity contribution in [2.75, 3.05) is 0 Å². The van der Waals surface area contributed by atoms with Gasteiger partial charge in [0.1, 0.15) is 0 Å². The van der Waals surface area contributed by atoms with Gasteiger partial charge in [-0.15, -0.1) is 0 Å². The predicted octanol–water partition coefficient (Wildman–Crippen LogP) is 2.95. The summed E-state index contributed by atoms with van der Waals surface area (Å²) < 4.78 is 1.24. The van der Waals surface area contributed by atoms with Gasteiger partial charge >= 0.3 is 0 Å². The highest BCUT2D eigenvalue weighted by Crippen LogP contribution is 2.22. The van der Waals surface area contributed by atoms with Crippen molar-refractivity contribution in [2.45, 2.75) is 0 Å². The molecule has 0 aliphatic carbocycles. The van der Waals surface area contributed by atoms with Gasteiger partial charge in [0, 0.05) is 20.7 Å². The average molecular weight is 256 g/mol. The number of hydrogen-bond acceptors (Lipinski definition) is 0. The summed E-state index contributed by atoms with van der Waals surface area (Å²) in [5, 5.41) is 1.26. The standard InChI is InChI=1S/C9H7IN/c1-6-2-3-8-7(9(6)10)4-5-11-8/h2-5,11H,1H2. The molecule has 2 aromatic rings. The minimum atomic E-state index is 1.10. The molecular formula is C9H7IN. The Labute approximate surface area is 78.9 Å². The zero-order valence-corrected chi connectivity index (χ0v) is 8.05. The number of fused-ring (bicyclic) bond motifs is 1. The molecule has 0 spiro atoms. The second kappa shape index (κ2) is 2.52. The molecule has 1 heterocycles. The third-order valence-electron chi connectivity index (χ3n) is 1.75. The molecule has 1 nitrogen and oxygen atoms in total. The van der Waals surface area contributed by atoms with Crippen molar-refractivity contribution in [3.05, 3.63) is 40.5 Å². The van der Waals surface area contributed by atoms with Crippen molar-refractivity contribution in [3.8, 4) is 0 Å². The Morgan fingerprint density at radius 2 is 2.09 bits per heavy atom. The molecular weight excluding hydrogens is 249 g/mol. The highest BCUT2D eigenvalue weighted by molar-refractivity contribution is 14.1. The fourth-order valence-electron chi connectivity index (χ4n) is 1.14. The summed E-state index contributed by atoms with van der Waals surface area (Å²) in [4.78, 5) is 3.16. The van der Waals surface area contributed by atoms with Crippen LogP contribution in [0.15, 0.2) is 24.4 Å². The van der Waals surface area contributed by atoms with Crippen LogP contribution in [0.2, 0.25) is 0 Å². The van der Waals surface area contributed by atoms with E-state index in [9.17, 15) is 0 Å². The maximum atomic E-state index is 3.93. The van der Waals surface area contributed by atoms with Gasteiger partial charge in [0.15, 0.2) is 0 Å². The van der Waals surface area contributed by atoms with Gasteiger partial charge in [0.2, 0.25) is 0 Å². The fraction of sp³-hybridized carbons (Fsp3) is 0. The second-order valence-corrected chi connectivity index (χ2v) is 3.56. The van der Waals surface area contributed by atoms with Crippen LogP contribution in [0.5, 0.6) is 0 Å². The Morgan fingerprint density at radius 3 is 2.91 bits per heavy atom. The van der Waals surface area contributed by atoms with E-state index in [4.69, 9.17) is 0 Å². The van der Waals surface area contributed by atoms with Gasteiger partial charge in [-0.05, 0) is 47.2 Å². The molecule has 1 aromatic carbocycles. The molecule has 1 N–H and O–H groups in total. The maximum Gasteiger partial charge on any atom is 0.0464 e. The van der Waals surface area contributed by atoms with Gasteiger partial charge in [-0.1, -0.05) is 6.07 Å². The SMILES string of the molecule is [CH2]c1ccc2[nH]ccc2c1I. The summed E-state index contributed by atoms with van der Waals surface area (Å²) in [7, 11) is 0. The minimum Gasteiger partial charge on any atom is -0.361 e. The molecule has 11 heavy (non-hydrogen) atoms. The van der Waals surface area contributed by atoms with Crippen LogP contribution in [0.25, 0.3) is 10.9 Å². The van der Waals surface area contributed by atoms with Crippen LogP contribution in [0.4, 0.5) is 0 Å². The van der Waals surface area contributed by atoms with Crippen LogP contribution in [0, 0.1) is 10.5 Å². The van der Waals surface area contributed by atoms with Crippen molar-refractivity contribution in [3.63, 3.8) is 0 Å². The van der Waals surface area contributed by atoms with Crippen molar-refractivity contribution in [1.82, 2.24) is 4.98 Å². The quantitative estimate of drug-likeness (QED) is 0.697. The lowest BCUT2D eigenvalue weighted by molar-refractivity contribution is 1.47. The molecule has 0 atom stereocenters. The lowest BCUT2D eigenvalue weighted by Gasteiger charge is -1.97. The molecule has 0 aliphatic heterocycles. The maximum absolute atomic E-state index is 3.93. The molecule has 55 valence electrons. The van der Waals surface area contributed by atoms with Crippen LogP contribution in [0.3, 0.4) is 0 Å². The molecule has 0 aliphatic rings. The molecule has 2 heteroatoms. The molecule has 1 aromatic heterocycles. The van der Waals surface area contributed by atoms with E-state index in [0.29, 0.717) is 0 Å². The van der Waals surface area contributed by atoms with Crippen LogP contribution in [-0.4, -0.2) is 4.98 Å². The van der Waals surface area contributed by atoms with E-state index in [2.05, 4.69) is 46.6 Å². The number of rotatable bonds is 0. The number of hydrogen-bond donors (Lipinski definition) is 1. The van der Waals surface area contributed by atoms with Gasteiger partial charge in [-0.2, -0.15) is 0 Å². The summed E-state index contributed by atoms with van der Waals surface area (Å²) >= 11 is 2.32. The topological polar surface area (TPSA) is 15.8 Å². The monoisotopic (exact) mass is 256 g/mol. The number of nitrogens with one attached hydrogen (secondary N) is 1. The van der Waals surface area contributed by atoms with Crippen LogP contribution in [0.1, 0.15) is 5.56 Å². The van der Waals surface area contributed by atoms with Crippen molar-refractivity contribution in [2.24, 2.45) is 0 Å². The Morgan fingerprint density at radius 1 is 1.27 bits per heavy atom. The number of H-pyrrole nitrogens is 1. The lowest BCUT2D eigenvalue weighted by atomic mass is 10.2. The smallest absolute Gasteiger partial charge is 0.0464 e. The first kappa shape index (κ1) is 7.16. The molecule has 0 saturated carbocycles. The Balaban J connectivity index is 2.93. The average Bonchev–Trinajstić information content (AvgIpc) is 2.45. The van der Waals surface area contributed by atoms with Gasteiger partial charge in [-0.3, -0.25) is 0 Å². The summed E-state index contributed by atoms with van der Waals surface area (Å²) in [6.07, 6.45) is 1.95. The van der Waals surface area contributed by atoms with E-state index >= 15 is 0 Å². The molecule has 2 rings (SSSR count). The van der Waals surface area contributed by atoms with Crippen molar-refractivity contribution in [1.29, 1.82) is 0 Å². The normalized spacial score (nSPS) is 10.7. The Bertz CT molecular complexity index is 389. The molecule has 1 radical (unpaired) electrons. The van der Waals surface area contributed by atoms with Gasteiger partial charge in [0.05, 0.1) is 0 Å². The Hall–Kier alpha value is -0.510. The van der Waals surface area contributed by atoms with E-state index < -0.39 is 0 Å². The largest absolute Gasteiger partial charge is 0.361 e. The molecule has 0 saturated heterocycles. The first-order valence-electron chi connectivity index (χ1n) is 3.36. The molecule has 0 unspecified atom stereocenters. The number of halogens is 1. The van der Waals surface area contributed by atoms with Crippen LogP contribution in [-0.2, 0) is 0 Å². The predicted molar refractivity (Wildman–Crippen MR) is 55.5 cm³/mol. The van der Waals surface area contributed by atoms with Gasteiger partial charge < -0.3 is 4.98 Å². The number of aromatic amines is 1. The van der Waals surface area contributed by atoms with E-state index in [-0.39, 0.29) is 0 Å². The lowest BCUT2D eigenvalue weighted by Crippen LogP contribution is -1.79. The molecule has 0 fully saturated rings. The van der Waals surface area contributed by atoms with Crippen LogP contribution >= 0.6 is 22.6 Å². The highest BCUT2D eigenvalue weighted by Gasteiger charge is 2.00. The minimum absolute atomic E-state index is 1.10. The van der Waals surface area contributed by atoms with Gasteiger partial charge in [0.25, 0.3) is 0 Å². The Kier molecular flexibility index (Phi) is 1.64. The zero-order valence-electron chi connectivity index (χ0n) is 5.89.